The van der Waals surface area contributed by atoms with Gasteiger partial charge < -0.3 is 15.8 Å². The fraction of sp³-hybridized carbons (Fsp3) is 0.706. The molecule has 0 aliphatic heterocycles. The number of pyridine rings is 1. The topological polar surface area (TPSA) is 60.2 Å². The minimum absolute atomic E-state index is 0.444. The van der Waals surface area contributed by atoms with Crippen molar-refractivity contribution in [3.8, 4) is 5.88 Å². The number of hydrogen-bond acceptors (Lipinski definition) is 4. The van der Waals surface area contributed by atoms with Crippen molar-refractivity contribution in [1.29, 1.82) is 0 Å². The van der Waals surface area contributed by atoms with E-state index in [1.165, 1.54) is 32.1 Å². The molecule has 1 aromatic rings. The number of nitrogens with two attached hydrogens (primary N) is 1. The van der Waals surface area contributed by atoms with Gasteiger partial charge in [-0.1, -0.05) is 33.1 Å². The molecule has 1 unspecified atom stereocenters. The van der Waals surface area contributed by atoms with Crippen molar-refractivity contribution in [2.45, 2.75) is 58.9 Å². The molecule has 2 rings (SSSR count). The Balaban J connectivity index is 1.97. The largest absolute Gasteiger partial charge is 0.476 e. The van der Waals surface area contributed by atoms with Crippen LogP contribution in [0.2, 0.25) is 0 Å². The lowest BCUT2D eigenvalue weighted by Crippen LogP contribution is -2.28. The molecule has 1 atom stereocenters. The molecular weight excluding hydrogens is 262 g/mol. The fourth-order valence-corrected chi connectivity index (χ4v) is 2.88. The highest BCUT2D eigenvalue weighted by molar-refractivity contribution is 5.53. The molecule has 4 heteroatoms. The summed E-state index contributed by atoms with van der Waals surface area (Å²) in [6, 6.07) is 4.26. The van der Waals surface area contributed by atoms with E-state index >= 15 is 0 Å². The number of anilines is 2. The number of aromatic nitrogens is 1. The number of nitrogens with zero attached hydrogens (tertiary/aromatic N) is 1. The average Bonchev–Trinajstić information content (AvgIpc) is 2.48. The predicted molar refractivity (Wildman–Crippen MR) is 88.6 cm³/mol. The lowest BCUT2D eigenvalue weighted by Gasteiger charge is -2.28. The van der Waals surface area contributed by atoms with Gasteiger partial charge in [-0.05, 0) is 43.7 Å². The monoisotopic (exact) mass is 291 g/mol. The number of rotatable bonds is 6. The summed E-state index contributed by atoms with van der Waals surface area (Å²) in [5.74, 6) is 2.62. The lowest BCUT2D eigenvalue weighted by molar-refractivity contribution is 0.263. The number of nitrogens with one attached hydrogen (secondary N) is 1. The van der Waals surface area contributed by atoms with Crippen LogP contribution in [0.5, 0.6) is 5.88 Å². The van der Waals surface area contributed by atoms with E-state index in [1.54, 1.807) is 0 Å². The lowest BCUT2D eigenvalue weighted by atomic mass is 9.84. The Morgan fingerprint density at radius 2 is 1.95 bits per heavy atom. The highest BCUT2D eigenvalue weighted by Crippen LogP contribution is 2.28. The van der Waals surface area contributed by atoms with E-state index in [0.29, 0.717) is 30.1 Å². The highest BCUT2D eigenvalue weighted by Gasteiger charge is 2.20. The van der Waals surface area contributed by atoms with E-state index in [-0.39, 0.29) is 0 Å². The molecule has 1 fully saturated rings. The van der Waals surface area contributed by atoms with Crippen LogP contribution in [-0.4, -0.2) is 17.6 Å². The number of hydrogen-bond donors (Lipinski definition) is 2. The second-order valence-electron chi connectivity index (χ2n) is 6.63. The van der Waals surface area contributed by atoms with Gasteiger partial charge in [-0.15, -0.1) is 0 Å². The third-order valence-electron chi connectivity index (χ3n) is 4.18. The smallest absolute Gasteiger partial charge is 0.239 e. The summed E-state index contributed by atoms with van der Waals surface area (Å²) in [4.78, 5) is 4.52. The van der Waals surface area contributed by atoms with E-state index in [0.717, 1.165) is 11.7 Å². The van der Waals surface area contributed by atoms with Gasteiger partial charge in [0.2, 0.25) is 5.88 Å². The third-order valence-corrected chi connectivity index (χ3v) is 4.18. The molecule has 0 radical (unpaired) electrons. The second kappa shape index (κ2) is 7.53. The van der Waals surface area contributed by atoms with Crippen LogP contribution in [0.1, 0.15) is 52.9 Å². The van der Waals surface area contributed by atoms with Crippen LogP contribution in [0.15, 0.2) is 12.1 Å². The first-order valence-electron chi connectivity index (χ1n) is 8.22. The van der Waals surface area contributed by atoms with Crippen molar-refractivity contribution in [1.82, 2.24) is 4.98 Å². The van der Waals surface area contributed by atoms with Crippen LogP contribution in [-0.2, 0) is 0 Å². The van der Waals surface area contributed by atoms with Gasteiger partial charge in [0.25, 0.3) is 0 Å². The molecule has 4 nitrogen and oxygen atoms in total. The van der Waals surface area contributed by atoms with Crippen LogP contribution in [0, 0.1) is 11.8 Å². The Labute approximate surface area is 128 Å². The summed E-state index contributed by atoms with van der Waals surface area (Å²) < 4.78 is 5.69. The molecule has 1 heterocycles. The Hall–Kier alpha value is -1.45. The molecule has 1 aliphatic rings. The molecule has 21 heavy (non-hydrogen) atoms. The number of nitrogen functional groups attached to an aromatic ring is 1. The first-order valence-corrected chi connectivity index (χ1v) is 8.22. The molecule has 0 amide bonds. The Kier molecular flexibility index (Phi) is 5.71. The van der Waals surface area contributed by atoms with Crippen LogP contribution in [0.3, 0.4) is 0 Å². The zero-order valence-corrected chi connectivity index (χ0v) is 13.6. The molecule has 0 bridgehead atoms. The van der Waals surface area contributed by atoms with Crippen molar-refractivity contribution in [3.05, 3.63) is 12.1 Å². The zero-order valence-electron chi connectivity index (χ0n) is 13.6. The maximum atomic E-state index is 5.93. The van der Waals surface area contributed by atoms with Crippen molar-refractivity contribution >= 4 is 11.5 Å². The Morgan fingerprint density at radius 3 is 2.62 bits per heavy atom. The maximum Gasteiger partial charge on any atom is 0.239 e. The van der Waals surface area contributed by atoms with Crippen molar-refractivity contribution in [2.75, 3.05) is 17.7 Å². The molecule has 0 aromatic carbocycles. The molecule has 1 aromatic heterocycles. The van der Waals surface area contributed by atoms with E-state index in [2.05, 4.69) is 31.1 Å². The second-order valence-corrected chi connectivity index (χ2v) is 6.63. The van der Waals surface area contributed by atoms with Gasteiger partial charge in [-0.2, -0.15) is 4.98 Å². The van der Waals surface area contributed by atoms with Gasteiger partial charge >= 0.3 is 0 Å². The summed E-state index contributed by atoms with van der Waals surface area (Å²) >= 11 is 0. The van der Waals surface area contributed by atoms with Gasteiger partial charge in [0, 0.05) is 6.04 Å². The van der Waals surface area contributed by atoms with Crippen molar-refractivity contribution in [3.63, 3.8) is 0 Å². The fourth-order valence-electron chi connectivity index (χ4n) is 2.88. The average molecular weight is 291 g/mol. The minimum Gasteiger partial charge on any atom is -0.476 e. The van der Waals surface area contributed by atoms with Gasteiger partial charge in [-0.3, -0.25) is 0 Å². The molecule has 0 spiro atoms. The zero-order chi connectivity index (χ0) is 15.2. The predicted octanol–water partition coefficient (Wildman–Crippen LogP) is 4.08. The highest BCUT2D eigenvalue weighted by atomic mass is 16.5. The van der Waals surface area contributed by atoms with Gasteiger partial charge in [0.1, 0.15) is 5.82 Å². The summed E-state index contributed by atoms with van der Waals surface area (Å²) in [5, 5.41) is 3.52. The normalized spacial score (nSPS) is 17.7. The Bertz CT molecular complexity index is 442. The van der Waals surface area contributed by atoms with Crippen LogP contribution >= 0.6 is 0 Å². The molecule has 0 saturated heterocycles. The summed E-state index contributed by atoms with van der Waals surface area (Å²) in [7, 11) is 0. The summed E-state index contributed by atoms with van der Waals surface area (Å²) in [6.07, 6.45) is 6.74. The van der Waals surface area contributed by atoms with Gasteiger partial charge in [0.15, 0.2) is 0 Å². The quantitative estimate of drug-likeness (QED) is 0.829. The standard InChI is InChI=1S/C17H29N3O/c1-12(2)11-21-17-15(18)9-10-16(20-17)19-13(3)14-7-5-4-6-8-14/h9-10,12-14H,4-8,11,18H2,1-3H3,(H,19,20). The molecular formula is C17H29N3O. The van der Waals surface area contributed by atoms with Crippen LogP contribution in [0.4, 0.5) is 11.5 Å². The maximum absolute atomic E-state index is 5.93. The molecule has 118 valence electrons. The molecule has 1 aliphatic carbocycles. The first-order chi connectivity index (χ1) is 10.1. The third kappa shape index (κ3) is 4.80. The molecule has 1 saturated carbocycles. The Morgan fingerprint density at radius 1 is 1.24 bits per heavy atom. The van der Waals surface area contributed by atoms with Crippen molar-refractivity contribution < 1.29 is 4.74 Å². The summed E-state index contributed by atoms with van der Waals surface area (Å²) in [6.45, 7) is 7.12. The van der Waals surface area contributed by atoms with Crippen LogP contribution in [0.25, 0.3) is 0 Å². The molecule has 3 N–H and O–H groups in total. The van der Waals surface area contributed by atoms with Crippen molar-refractivity contribution in [2.24, 2.45) is 11.8 Å². The SMILES string of the molecule is CC(C)COc1nc(NC(C)C2CCCCC2)ccc1N. The summed E-state index contributed by atoms with van der Waals surface area (Å²) in [5.41, 5.74) is 6.54. The van der Waals surface area contributed by atoms with Gasteiger partial charge in [-0.25, -0.2) is 0 Å². The first kappa shape index (κ1) is 15.9. The van der Waals surface area contributed by atoms with Crippen LogP contribution < -0.4 is 15.8 Å². The number of ether oxygens (including phenoxy) is 1. The minimum atomic E-state index is 0.444. The van der Waals surface area contributed by atoms with E-state index in [9.17, 15) is 0 Å². The van der Waals surface area contributed by atoms with E-state index < -0.39 is 0 Å². The van der Waals surface area contributed by atoms with Gasteiger partial charge in [0.05, 0.1) is 12.3 Å². The van der Waals surface area contributed by atoms with E-state index in [1.807, 2.05) is 12.1 Å². The van der Waals surface area contributed by atoms with E-state index in [4.69, 9.17) is 10.5 Å².